The molecule has 0 spiro atoms. The van der Waals surface area contributed by atoms with Gasteiger partial charge in [-0.05, 0) is 43.1 Å². The van der Waals surface area contributed by atoms with Crippen LogP contribution in [0.5, 0.6) is 0 Å². The molecule has 0 N–H and O–H groups in total. The summed E-state index contributed by atoms with van der Waals surface area (Å²) in [6, 6.07) is 15.3. The average Bonchev–Trinajstić information content (AvgIpc) is 2.66. The third-order valence-electron chi connectivity index (χ3n) is 4.45. The van der Waals surface area contributed by atoms with Gasteiger partial charge >= 0.3 is 0 Å². The Morgan fingerprint density at radius 1 is 1.08 bits per heavy atom. The Hall–Kier alpha value is -1.36. The zero-order valence-corrected chi connectivity index (χ0v) is 15.0. The summed E-state index contributed by atoms with van der Waals surface area (Å²) in [6.07, 6.45) is 7.70. The molecule has 0 unspecified atom stereocenters. The van der Waals surface area contributed by atoms with Gasteiger partial charge in [0.2, 0.25) is 0 Å². The fourth-order valence-corrected chi connectivity index (χ4v) is 4.01. The van der Waals surface area contributed by atoms with E-state index in [1.807, 2.05) is 30.2 Å². The molecule has 0 amide bonds. The van der Waals surface area contributed by atoms with Crippen molar-refractivity contribution in [2.75, 3.05) is 32.1 Å². The highest BCUT2D eigenvalue weighted by molar-refractivity contribution is 7.99. The Morgan fingerprint density at radius 2 is 2.00 bits per heavy atom. The maximum Gasteiger partial charge on any atom is 0.0594 e. The van der Waals surface area contributed by atoms with Crippen LogP contribution in [0, 0.1) is 0 Å². The number of aromatic nitrogens is 1. The lowest BCUT2D eigenvalue weighted by molar-refractivity contribution is 0.0782. The maximum atomic E-state index is 5.86. The topological polar surface area (TPSA) is 25.4 Å². The number of nitrogens with zero attached hydrogens (tertiary/aromatic N) is 2. The van der Waals surface area contributed by atoms with E-state index in [9.17, 15) is 0 Å². The molecule has 1 fully saturated rings. The molecule has 1 atom stereocenters. The third-order valence-corrected chi connectivity index (χ3v) is 5.42. The van der Waals surface area contributed by atoms with E-state index in [4.69, 9.17) is 4.74 Å². The first-order chi connectivity index (χ1) is 11.9. The lowest BCUT2D eigenvalue weighted by Crippen LogP contribution is -2.36. The van der Waals surface area contributed by atoms with Crippen LogP contribution in [0.25, 0.3) is 0 Å². The number of piperidine rings is 1. The molecule has 1 aromatic heterocycles. The number of hydrogen-bond donors (Lipinski definition) is 0. The van der Waals surface area contributed by atoms with Gasteiger partial charge in [-0.1, -0.05) is 30.7 Å². The molecular formula is C20H26N2OS. The standard InChI is InChI=1S/C20H26N2OS/c1-2-8-19(9-3-1)24-16-15-23-14-13-22-12-5-4-10-20(22)18-7-6-11-21-17-18/h1-3,6-9,11,17,20H,4-5,10,12-16H2/t20-/m0/s1. The molecule has 128 valence electrons. The van der Waals surface area contributed by atoms with E-state index in [1.54, 1.807) is 0 Å². The van der Waals surface area contributed by atoms with Crippen LogP contribution < -0.4 is 0 Å². The van der Waals surface area contributed by atoms with Gasteiger partial charge in [0, 0.05) is 35.6 Å². The summed E-state index contributed by atoms with van der Waals surface area (Å²) in [4.78, 5) is 8.16. The molecule has 2 aromatic rings. The van der Waals surface area contributed by atoms with Crippen LogP contribution in [-0.4, -0.2) is 41.9 Å². The zero-order chi connectivity index (χ0) is 16.5. The van der Waals surface area contributed by atoms with Crippen LogP contribution in [0.15, 0.2) is 59.8 Å². The molecule has 24 heavy (non-hydrogen) atoms. The smallest absolute Gasteiger partial charge is 0.0594 e. The second-order valence-corrected chi connectivity index (χ2v) is 7.28. The van der Waals surface area contributed by atoms with Crippen molar-refractivity contribution < 1.29 is 4.74 Å². The Labute approximate surface area is 149 Å². The summed E-state index contributed by atoms with van der Waals surface area (Å²) in [5.74, 6) is 1.01. The van der Waals surface area contributed by atoms with Crippen LogP contribution in [0.1, 0.15) is 30.9 Å². The van der Waals surface area contributed by atoms with Crippen molar-refractivity contribution >= 4 is 11.8 Å². The highest BCUT2D eigenvalue weighted by Gasteiger charge is 2.23. The fourth-order valence-electron chi connectivity index (χ4n) is 3.23. The van der Waals surface area contributed by atoms with Crippen LogP contribution in [0.4, 0.5) is 0 Å². The quantitative estimate of drug-likeness (QED) is 0.524. The van der Waals surface area contributed by atoms with Gasteiger partial charge in [-0.2, -0.15) is 0 Å². The molecule has 1 saturated heterocycles. The largest absolute Gasteiger partial charge is 0.379 e. The van der Waals surface area contributed by atoms with E-state index in [1.165, 1.54) is 36.3 Å². The summed E-state index contributed by atoms with van der Waals surface area (Å²) in [5, 5.41) is 0. The van der Waals surface area contributed by atoms with Crippen molar-refractivity contribution in [3.8, 4) is 0 Å². The highest BCUT2D eigenvalue weighted by atomic mass is 32.2. The monoisotopic (exact) mass is 342 g/mol. The molecule has 3 rings (SSSR count). The van der Waals surface area contributed by atoms with Gasteiger partial charge in [0.1, 0.15) is 0 Å². The predicted octanol–water partition coefficient (Wildman–Crippen LogP) is 4.42. The molecule has 0 bridgehead atoms. The predicted molar refractivity (Wildman–Crippen MR) is 100 cm³/mol. The fraction of sp³-hybridized carbons (Fsp3) is 0.450. The number of rotatable bonds is 8. The van der Waals surface area contributed by atoms with E-state index in [2.05, 4.69) is 46.3 Å². The lowest BCUT2D eigenvalue weighted by Gasteiger charge is -2.35. The van der Waals surface area contributed by atoms with Crippen molar-refractivity contribution in [2.45, 2.75) is 30.2 Å². The minimum atomic E-state index is 0.509. The van der Waals surface area contributed by atoms with Crippen LogP contribution >= 0.6 is 11.8 Å². The molecule has 0 aliphatic carbocycles. The second kappa shape index (κ2) is 9.82. The molecule has 1 aliphatic rings. The van der Waals surface area contributed by atoms with Gasteiger partial charge in [0.05, 0.1) is 13.2 Å². The first-order valence-electron chi connectivity index (χ1n) is 8.83. The van der Waals surface area contributed by atoms with Gasteiger partial charge in [0.15, 0.2) is 0 Å². The van der Waals surface area contributed by atoms with E-state index in [0.29, 0.717) is 6.04 Å². The van der Waals surface area contributed by atoms with Crippen molar-refractivity contribution in [1.82, 2.24) is 9.88 Å². The Kier molecular flexibility index (Phi) is 7.14. The van der Waals surface area contributed by atoms with Crippen LogP contribution in [0.2, 0.25) is 0 Å². The van der Waals surface area contributed by atoms with E-state index in [-0.39, 0.29) is 0 Å². The van der Waals surface area contributed by atoms with Gasteiger partial charge in [-0.15, -0.1) is 11.8 Å². The zero-order valence-electron chi connectivity index (χ0n) is 14.1. The molecule has 3 nitrogen and oxygen atoms in total. The summed E-state index contributed by atoms with van der Waals surface area (Å²) < 4.78 is 5.86. The average molecular weight is 343 g/mol. The third kappa shape index (κ3) is 5.33. The van der Waals surface area contributed by atoms with Gasteiger partial charge in [-0.25, -0.2) is 0 Å². The number of hydrogen-bond acceptors (Lipinski definition) is 4. The number of thioether (sulfide) groups is 1. The molecule has 1 aliphatic heterocycles. The van der Waals surface area contributed by atoms with Gasteiger partial charge in [-0.3, -0.25) is 9.88 Å². The van der Waals surface area contributed by atoms with Crippen molar-refractivity contribution in [1.29, 1.82) is 0 Å². The highest BCUT2D eigenvalue weighted by Crippen LogP contribution is 2.29. The minimum absolute atomic E-state index is 0.509. The summed E-state index contributed by atoms with van der Waals surface area (Å²) in [6.45, 7) is 3.80. The van der Waals surface area contributed by atoms with E-state index in [0.717, 1.165) is 25.5 Å². The van der Waals surface area contributed by atoms with Crippen molar-refractivity contribution in [2.24, 2.45) is 0 Å². The molecule has 0 saturated carbocycles. The summed E-state index contributed by atoms with van der Waals surface area (Å²) in [5.41, 5.74) is 1.34. The Bertz CT molecular complexity index is 579. The maximum absolute atomic E-state index is 5.86. The molecule has 4 heteroatoms. The van der Waals surface area contributed by atoms with E-state index < -0.39 is 0 Å². The van der Waals surface area contributed by atoms with E-state index >= 15 is 0 Å². The normalized spacial score (nSPS) is 18.6. The number of pyridine rings is 1. The van der Waals surface area contributed by atoms with Gasteiger partial charge in [0.25, 0.3) is 0 Å². The Morgan fingerprint density at radius 3 is 2.83 bits per heavy atom. The van der Waals surface area contributed by atoms with Crippen molar-refractivity contribution in [3.63, 3.8) is 0 Å². The Balaban J connectivity index is 1.37. The summed E-state index contributed by atoms with van der Waals surface area (Å²) >= 11 is 1.86. The van der Waals surface area contributed by atoms with Crippen molar-refractivity contribution in [3.05, 3.63) is 60.4 Å². The van der Waals surface area contributed by atoms with Crippen LogP contribution in [-0.2, 0) is 4.74 Å². The molecule has 2 heterocycles. The second-order valence-electron chi connectivity index (χ2n) is 6.11. The first-order valence-corrected chi connectivity index (χ1v) is 9.81. The SMILES string of the molecule is c1ccc(SCCOCCN2CCCC[C@H]2c2cccnc2)cc1. The molecular weight excluding hydrogens is 316 g/mol. The lowest BCUT2D eigenvalue weighted by atomic mass is 9.96. The molecule has 1 aromatic carbocycles. The number of benzene rings is 1. The van der Waals surface area contributed by atoms with Gasteiger partial charge < -0.3 is 4.74 Å². The first kappa shape index (κ1) is 17.5. The number of ether oxygens (including phenoxy) is 1. The molecule has 0 radical (unpaired) electrons. The van der Waals surface area contributed by atoms with Crippen LogP contribution in [0.3, 0.4) is 0 Å². The number of likely N-dealkylation sites (tertiary alicyclic amines) is 1. The summed E-state index contributed by atoms with van der Waals surface area (Å²) in [7, 11) is 0. The minimum Gasteiger partial charge on any atom is -0.379 e.